The third kappa shape index (κ3) is 1.90. The molecule has 1 saturated heterocycles. The second-order valence-electron chi connectivity index (χ2n) is 2.83. The minimum atomic E-state index is -0.932. The third-order valence-corrected chi connectivity index (χ3v) is 1.95. The van der Waals surface area contributed by atoms with Crippen LogP contribution in [0.1, 0.15) is 19.8 Å². The summed E-state index contributed by atoms with van der Waals surface area (Å²) in [5, 5.41) is 27.4. The van der Waals surface area contributed by atoms with Gasteiger partial charge in [0, 0.05) is 6.42 Å². The molecule has 0 spiro atoms. The molecule has 4 nitrogen and oxygen atoms in total. The van der Waals surface area contributed by atoms with Crippen LogP contribution in [0.5, 0.6) is 0 Å². The van der Waals surface area contributed by atoms with Crippen molar-refractivity contribution in [3.05, 3.63) is 0 Å². The predicted octanol–water partition coefficient (Wildman–Crippen LogP) is -0.774. The third-order valence-electron chi connectivity index (χ3n) is 1.95. The van der Waals surface area contributed by atoms with Gasteiger partial charge < -0.3 is 20.1 Å². The lowest BCUT2D eigenvalue weighted by Crippen LogP contribution is -2.47. The molecule has 1 aliphatic rings. The molecule has 0 amide bonds. The van der Waals surface area contributed by atoms with Gasteiger partial charge in [-0.15, -0.1) is 0 Å². The first-order valence-electron chi connectivity index (χ1n) is 3.84. The average Bonchev–Trinajstić information content (AvgIpc) is 1.96. The maximum atomic E-state index is 9.27. The summed E-state index contributed by atoms with van der Waals surface area (Å²) in [4.78, 5) is 0. The number of hydrogen-bond donors (Lipinski definition) is 3. The second kappa shape index (κ2) is 3.49. The summed E-state index contributed by atoms with van der Waals surface area (Å²) < 4.78 is 4.96. The summed E-state index contributed by atoms with van der Waals surface area (Å²) >= 11 is 0. The lowest BCUT2D eigenvalue weighted by molar-refractivity contribution is -0.232. The fourth-order valence-corrected chi connectivity index (χ4v) is 1.27. The van der Waals surface area contributed by atoms with E-state index in [-0.39, 0.29) is 6.42 Å². The first kappa shape index (κ1) is 8.93. The number of ether oxygens (including phenoxy) is 1. The van der Waals surface area contributed by atoms with Crippen LogP contribution in [0.3, 0.4) is 0 Å². The van der Waals surface area contributed by atoms with Crippen LogP contribution in [0.4, 0.5) is 0 Å². The van der Waals surface area contributed by atoms with E-state index in [9.17, 15) is 5.11 Å². The molecular formula is C7H14O4. The molecule has 1 fully saturated rings. The van der Waals surface area contributed by atoms with Crippen molar-refractivity contribution in [3.63, 3.8) is 0 Å². The molecule has 0 aromatic carbocycles. The van der Waals surface area contributed by atoms with Crippen LogP contribution in [0.15, 0.2) is 0 Å². The molecule has 4 heteroatoms. The van der Waals surface area contributed by atoms with Crippen molar-refractivity contribution in [3.8, 4) is 0 Å². The zero-order valence-electron chi connectivity index (χ0n) is 6.47. The Kier molecular flexibility index (Phi) is 2.84. The molecule has 11 heavy (non-hydrogen) atoms. The molecule has 3 N–H and O–H groups in total. The topological polar surface area (TPSA) is 69.9 Å². The molecule has 0 saturated carbocycles. The highest BCUT2D eigenvalue weighted by Gasteiger charge is 2.34. The first-order chi connectivity index (χ1) is 5.15. The quantitative estimate of drug-likeness (QED) is 0.473. The molecule has 1 unspecified atom stereocenters. The number of hydrogen-bond acceptors (Lipinski definition) is 4. The molecule has 0 aliphatic carbocycles. The SMILES string of the molecule is CC[C@H]1OC(O)C[C@@H](O)[C@H]1O. The van der Waals surface area contributed by atoms with Gasteiger partial charge in [-0.2, -0.15) is 0 Å². The van der Waals surface area contributed by atoms with Crippen molar-refractivity contribution in [1.29, 1.82) is 0 Å². The van der Waals surface area contributed by atoms with Gasteiger partial charge in [-0.3, -0.25) is 0 Å². The Labute approximate surface area is 65.4 Å². The Morgan fingerprint density at radius 2 is 2.00 bits per heavy atom. The van der Waals surface area contributed by atoms with Crippen LogP contribution < -0.4 is 0 Å². The van der Waals surface area contributed by atoms with Crippen molar-refractivity contribution >= 4 is 0 Å². The fraction of sp³-hybridized carbons (Fsp3) is 1.00. The smallest absolute Gasteiger partial charge is 0.157 e. The Hall–Kier alpha value is -0.160. The minimum absolute atomic E-state index is 0.0949. The highest BCUT2D eigenvalue weighted by molar-refractivity contribution is 4.81. The van der Waals surface area contributed by atoms with Crippen molar-refractivity contribution in [2.75, 3.05) is 0 Å². The number of aliphatic hydroxyl groups is 3. The van der Waals surface area contributed by atoms with Gasteiger partial charge in [0.2, 0.25) is 0 Å². The Balaban J connectivity index is 2.51. The minimum Gasteiger partial charge on any atom is -0.390 e. The van der Waals surface area contributed by atoms with E-state index in [1.54, 1.807) is 0 Å². The standard InChI is InChI=1S/C7H14O4/c1-2-5-7(10)4(8)3-6(9)11-5/h4-10H,2-3H2,1H3/t4-,5-,6?,7-/m1/s1. The molecule has 0 radical (unpaired) electrons. The van der Waals surface area contributed by atoms with Crippen LogP contribution in [0, 0.1) is 0 Å². The predicted molar refractivity (Wildman–Crippen MR) is 37.8 cm³/mol. The fourth-order valence-electron chi connectivity index (χ4n) is 1.27. The first-order valence-corrected chi connectivity index (χ1v) is 3.84. The summed E-state index contributed by atoms with van der Waals surface area (Å²) in [5.74, 6) is 0. The van der Waals surface area contributed by atoms with Gasteiger partial charge in [-0.25, -0.2) is 0 Å². The van der Waals surface area contributed by atoms with Crippen LogP contribution in [-0.4, -0.2) is 39.9 Å². The van der Waals surface area contributed by atoms with Gasteiger partial charge >= 0.3 is 0 Å². The van der Waals surface area contributed by atoms with E-state index in [0.29, 0.717) is 6.42 Å². The molecule has 0 bridgehead atoms. The second-order valence-corrected chi connectivity index (χ2v) is 2.83. The molecular weight excluding hydrogens is 148 g/mol. The van der Waals surface area contributed by atoms with Crippen LogP contribution in [0.2, 0.25) is 0 Å². The largest absolute Gasteiger partial charge is 0.390 e. The summed E-state index contributed by atoms with van der Waals surface area (Å²) in [6.07, 6.45) is -2.40. The Morgan fingerprint density at radius 1 is 1.36 bits per heavy atom. The van der Waals surface area contributed by atoms with Crippen LogP contribution in [-0.2, 0) is 4.74 Å². The molecule has 0 aromatic rings. The van der Waals surface area contributed by atoms with Crippen LogP contribution >= 0.6 is 0 Å². The molecule has 0 aromatic heterocycles. The van der Waals surface area contributed by atoms with Crippen LogP contribution in [0.25, 0.3) is 0 Å². The lowest BCUT2D eigenvalue weighted by atomic mass is 10.00. The van der Waals surface area contributed by atoms with E-state index in [2.05, 4.69) is 0 Å². The van der Waals surface area contributed by atoms with Gasteiger partial charge in [0.1, 0.15) is 6.10 Å². The maximum absolute atomic E-state index is 9.27. The van der Waals surface area contributed by atoms with E-state index in [4.69, 9.17) is 14.9 Å². The highest BCUT2D eigenvalue weighted by atomic mass is 16.6. The number of aliphatic hydroxyl groups excluding tert-OH is 3. The molecule has 4 atom stereocenters. The van der Waals surface area contributed by atoms with Crippen molar-refractivity contribution < 1.29 is 20.1 Å². The van der Waals surface area contributed by atoms with Crippen molar-refractivity contribution in [2.24, 2.45) is 0 Å². The Bertz CT molecular complexity index is 128. The normalized spacial score (nSPS) is 45.8. The van der Waals surface area contributed by atoms with E-state index in [1.807, 2.05) is 6.92 Å². The summed E-state index contributed by atoms with van der Waals surface area (Å²) in [5.41, 5.74) is 0. The summed E-state index contributed by atoms with van der Waals surface area (Å²) in [6.45, 7) is 1.83. The highest BCUT2D eigenvalue weighted by Crippen LogP contribution is 2.20. The van der Waals surface area contributed by atoms with Gasteiger partial charge in [0.15, 0.2) is 6.29 Å². The molecule has 1 aliphatic heterocycles. The van der Waals surface area contributed by atoms with Crippen molar-refractivity contribution in [2.45, 2.75) is 44.4 Å². The zero-order valence-corrected chi connectivity index (χ0v) is 6.47. The monoisotopic (exact) mass is 162 g/mol. The van der Waals surface area contributed by atoms with Gasteiger partial charge in [0.05, 0.1) is 12.2 Å². The maximum Gasteiger partial charge on any atom is 0.157 e. The summed E-state index contributed by atoms with van der Waals surface area (Å²) in [6, 6.07) is 0. The number of rotatable bonds is 1. The van der Waals surface area contributed by atoms with Gasteiger partial charge in [-0.05, 0) is 6.42 Å². The molecule has 1 heterocycles. The van der Waals surface area contributed by atoms with Crippen molar-refractivity contribution in [1.82, 2.24) is 0 Å². The van der Waals surface area contributed by atoms with E-state index < -0.39 is 24.6 Å². The molecule has 1 rings (SSSR count). The van der Waals surface area contributed by atoms with E-state index in [1.165, 1.54) is 0 Å². The Morgan fingerprint density at radius 3 is 2.55 bits per heavy atom. The molecule has 66 valence electrons. The zero-order chi connectivity index (χ0) is 8.43. The lowest BCUT2D eigenvalue weighted by Gasteiger charge is -2.34. The average molecular weight is 162 g/mol. The van der Waals surface area contributed by atoms with E-state index >= 15 is 0 Å². The van der Waals surface area contributed by atoms with Gasteiger partial charge in [0.25, 0.3) is 0 Å². The summed E-state index contributed by atoms with van der Waals surface area (Å²) in [7, 11) is 0. The van der Waals surface area contributed by atoms with E-state index in [0.717, 1.165) is 0 Å². The van der Waals surface area contributed by atoms with Gasteiger partial charge in [-0.1, -0.05) is 6.92 Å².